The molecule has 0 spiro atoms. The summed E-state index contributed by atoms with van der Waals surface area (Å²) >= 11 is 1.66. The molecule has 5 nitrogen and oxygen atoms in total. The SMILES string of the molecule is CCNC(=NCc1ccsc1)NCC(O)c1ccc(OC)cc1.I. The van der Waals surface area contributed by atoms with E-state index in [1.165, 1.54) is 5.56 Å². The van der Waals surface area contributed by atoms with Crippen LogP contribution in [0.2, 0.25) is 0 Å². The fourth-order valence-corrected chi connectivity index (χ4v) is 2.69. The maximum absolute atomic E-state index is 10.3. The molecule has 0 saturated carbocycles. The highest BCUT2D eigenvalue weighted by atomic mass is 127. The number of hydrogen-bond acceptors (Lipinski definition) is 4. The van der Waals surface area contributed by atoms with Crippen molar-refractivity contribution in [3.05, 3.63) is 52.2 Å². The van der Waals surface area contributed by atoms with E-state index < -0.39 is 6.10 Å². The molecule has 2 rings (SSSR count). The van der Waals surface area contributed by atoms with Crippen molar-refractivity contribution in [1.29, 1.82) is 0 Å². The summed E-state index contributed by atoms with van der Waals surface area (Å²) in [5.74, 6) is 1.48. The second-order valence-electron chi connectivity index (χ2n) is 5.00. The Kier molecular flexibility index (Phi) is 9.73. The van der Waals surface area contributed by atoms with Crippen molar-refractivity contribution < 1.29 is 9.84 Å². The number of methoxy groups -OCH3 is 1. The van der Waals surface area contributed by atoms with Crippen LogP contribution in [0.3, 0.4) is 0 Å². The van der Waals surface area contributed by atoms with Crippen LogP contribution in [0.1, 0.15) is 24.2 Å². The van der Waals surface area contributed by atoms with Gasteiger partial charge in [-0.25, -0.2) is 4.99 Å². The smallest absolute Gasteiger partial charge is 0.191 e. The third kappa shape index (κ3) is 6.66. The van der Waals surface area contributed by atoms with Crippen LogP contribution in [0.4, 0.5) is 0 Å². The average Bonchev–Trinajstić information content (AvgIpc) is 3.10. The van der Waals surface area contributed by atoms with E-state index in [0.717, 1.165) is 17.9 Å². The van der Waals surface area contributed by atoms with Gasteiger partial charge in [-0.05, 0) is 47.0 Å². The maximum Gasteiger partial charge on any atom is 0.191 e. The zero-order valence-electron chi connectivity index (χ0n) is 13.9. The number of aliphatic hydroxyl groups is 1. The molecule has 1 aromatic carbocycles. The van der Waals surface area contributed by atoms with Crippen molar-refractivity contribution in [2.75, 3.05) is 20.2 Å². The summed E-state index contributed by atoms with van der Waals surface area (Å²) in [5.41, 5.74) is 2.02. The molecule has 0 radical (unpaired) electrons. The predicted molar refractivity (Wildman–Crippen MR) is 111 cm³/mol. The number of nitrogens with zero attached hydrogens (tertiary/aromatic N) is 1. The van der Waals surface area contributed by atoms with E-state index in [0.29, 0.717) is 19.0 Å². The predicted octanol–water partition coefficient (Wildman–Crippen LogP) is 3.16. The molecule has 0 bridgehead atoms. The highest BCUT2D eigenvalue weighted by Gasteiger charge is 2.08. The van der Waals surface area contributed by atoms with Crippen LogP contribution in [-0.2, 0) is 6.54 Å². The van der Waals surface area contributed by atoms with Gasteiger partial charge in [-0.2, -0.15) is 11.3 Å². The zero-order valence-corrected chi connectivity index (χ0v) is 17.0. The van der Waals surface area contributed by atoms with Crippen molar-refractivity contribution in [3.8, 4) is 5.75 Å². The average molecular weight is 461 g/mol. The van der Waals surface area contributed by atoms with Gasteiger partial charge >= 0.3 is 0 Å². The molecule has 0 amide bonds. The molecule has 7 heteroatoms. The van der Waals surface area contributed by atoms with E-state index in [2.05, 4.69) is 27.1 Å². The van der Waals surface area contributed by atoms with Crippen LogP contribution in [0.15, 0.2) is 46.1 Å². The number of aliphatic hydroxyl groups excluding tert-OH is 1. The van der Waals surface area contributed by atoms with Gasteiger partial charge in [0, 0.05) is 13.1 Å². The Morgan fingerprint density at radius 1 is 1.25 bits per heavy atom. The second-order valence-corrected chi connectivity index (χ2v) is 5.78. The van der Waals surface area contributed by atoms with Gasteiger partial charge in [-0.3, -0.25) is 0 Å². The molecule has 132 valence electrons. The Morgan fingerprint density at radius 2 is 2.00 bits per heavy atom. The van der Waals surface area contributed by atoms with Crippen LogP contribution in [0, 0.1) is 0 Å². The standard InChI is InChI=1S/C17H23N3O2S.HI/c1-3-18-17(19-10-13-8-9-23-12-13)20-11-16(21)14-4-6-15(22-2)7-5-14;/h4-9,12,16,21H,3,10-11H2,1-2H3,(H2,18,19,20);1H. The molecule has 0 aliphatic carbocycles. The molecule has 0 aliphatic rings. The monoisotopic (exact) mass is 461 g/mol. The van der Waals surface area contributed by atoms with Crippen molar-refractivity contribution >= 4 is 41.3 Å². The fourth-order valence-electron chi connectivity index (χ4n) is 2.03. The van der Waals surface area contributed by atoms with E-state index in [-0.39, 0.29) is 24.0 Å². The van der Waals surface area contributed by atoms with Gasteiger partial charge in [0.25, 0.3) is 0 Å². The Hall–Kier alpha value is -1.32. The van der Waals surface area contributed by atoms with Crippen molar-refractivity contribution in [2.24, 2.45) is 4.99 Å². The van der Waals surface area contributed by atoms with E-state index in [9.17, 15) is 5.11 Å². The van der Waals surface area contributed by atoms with E-state index in [1.54, 1.807) is 18.4 Å². The zero-order chi connectivity index (χ0) is 16.5. The highest BCUT2D eigenvalue weighted by Crippen LogP contribution is 2.16. The topological polar surface area (TPSA) is 65.9 Å². The highest BCUT2D eigenvalue weighted by molar-refractivity contribution is 14.0. The Labute approximate surface area is 164 Å². The molecule has 1 unspecified atom stereocenters. The minimum Gasteiger partial charge on any atom is -0.497 e. The number of benzene rings is 1. The Balaban J connectivity index is 0.00000288. The van der Waals surface area contributed by atoms with Gasteiger partial charge in [-0.15, -0.1) is 24.0 Å². The number of nitrogens with one attached hydrogen (secondary N) is 2. The van der Waals surface area contributed by atoms with Gasteiger partial charge in [0.2, 0.25) is 0 Å². The Bertz CT molecular complexity index is 603. The summed E-state index contributed by atoms with van der Waals surface area (Å²) in [6, 6.07) is 9.47. The lowest BCUT2D eigenvalue weighted by molar-refractivity contribution is 0.180. The fraction of sp³-hybridized carbons (Fsp3) is 0.353. The summed E-state index contributed by atoms with van der Waals surface area (Å²) in [4.78, 5) is 4.52. The molecular weight excluding hydrogens is 437 g/mol. The van der Waals surface area contributed by atoms with Crippen LogP contribution in [-0.4, -0.2) is 31.3 Å². The van der Waals surface area contributed by atoms with Gasteiger partial charge in [-0.1, -0.05) is 12.1 Å². The molecule has 1 aromatic heterocycles. The third-order valence-corrected chi connectivity index (χ3v) is 4.04. The van der Waals surface area contributed by atoms with Crippen molar-refractivity contribution in [1.82, 2.24) is 10.6 Å². The van der Waals surface area contributed by atoms with Crippen molar-refractivity contribution in [2.45, 2.75) is 19.6 Å². The first kappa shape index (κ1) is 20.7. The second kappa shape index (κ2) is 11.3. The number of ether oxygens (including phenoxy) is 1. The van der Waals surface area contributed by atoms with Crippen LogP contribution < -0.4 is 15.4 Å². The first-order valence-electron chi connectivity index (χ1n) is 7.58. The van der Waals surface area contributed by atoms with Crippen LogP contribution in [0.25, 0.3) is 0 Å². The third-order valence-electron chi connectivity index (χ3n) is 3.31. The molecule has 0 fully saturated rings. The van der Waals surface area contributed by atoms with E-state index in [4.69, 9.17) is 4.74 Å². The van der Waals surface area contributed by atoms with Gasteiger partial charge in [0.15, 0.2) is 5.96 Å². The minimum atomic E-state index is -0.606. The molecule has 24 heavy (non-hydrogen) atoms. The number of halogens is 1. The summed E-state index contributed by atoms with van der Waals surface area (Å²) in [6.07, 6.45) is -0.606. The number of rotatable bonds is 7. The van der Waals surface area contributed by atoms with Crippen LogP contribution in [0.5, 0.6) is 5.75 Å². The molecule has 1 heterocycles. The lowest BCUT2D eigenvalue weighted by Gasteiger charge is -2.15. The van der Waals surface area contributed by atoms with E-state index in [1.807, 2.05) is 36.6 Å². The number of hydrogen-bond donors (Lipinski definition) is 3. The van der Waals surface area contributed by atoms with Crippen molar-refractivity contribution in [3.63, 3.8) is 0 Å². The Morgan fingerprint density at radius 3 is 2.58 bits per heavy atom. The summed E-state index contributed by atoms with van der Waals surface area (Å²) < 4.78 is 5.12. The normalized spacial score (nSPS) is 12.2. The lowest BCUT2D eigenvalue weighted by Crippen LogP contribution is -2.39. The lowest BCUT2D eigenvalue weighted by atomic mass is 10.1. The first-order chi connectivity index (χ1) is 11.2. The summed E-state index contributed by atoms with van der Waals surface area (Å²) in [6.45, 7) is 3.80. The molecule has 1 atom stereocenters. The van der Waals surface area contributed by atoms with Gasteiger partial charge in [0.05, 0.1) is 19.8 Å². The quantitative estimate of drug-likeness (QED) is 0.337. The van der Waals surface area contributed by atoms with Crippen LogP contribution >= 0.6 is 35.3 Å². The summed E-state index contributed by atoms with van der Waals surface area (Å²) in [7, 11) is 1.62. The first-order valence-corrected chi connectivity index (χ1v) is 8.52. The largest absolute Gasteiger partial charge is 0.497 e. The minimum absolute atomic E-state index is 0. The molecule has 0 aliphatic heterocycles. The molecule has 3 N–H and O–H groups in total. The number of aliphatic imine (C=N–C) groups is 1. The maximum atomic E-state index is 10.3. The van der Waals surface area contributed by atoms with Gasteiger partial charge < -0.3 is 20.5 Å². The number of thiophene rings is 1. The number of guanidine groups is 1. The van der Waals surface area contributed by atoms with Gasteiger partial charge in [0.1, 0.15) is 5.75 Å². The molecular formula is C17H24IN3O2S. The van der Waals surface area contributed by atoms with E-state index >= 15 is 0 Å². The molecule has 2 aromatic rings. The molecule has 0 saturated heterocycles. The summed E-state index contributed by atoms with van der Waals surface area (Å²) in [5, 5.41) is 20.7.